The van der Waals surface area contributed by atoms with Crippen molar-refractivity contribution in [3.63, 3.8) is 0 Å². The quantitative estimate of drug-likeness (QED) is 0.615. The summed E-state index contributed by atoms with van der Waals surface area (Å²) in [5.41, 5.74) is 5.92. The number of anilines is 2. The number of aryl methyl sites for hydroxylation is 1. The Morgan fingerprint density at radius 2 is 1.73 bits per heavy atom. The molecule has 1 unspecified atom stereocenters. The van der Waals surface area contributed by atoms with E-state index in [4.69, 9.17) is 4.74 Å². The summed E-state index contributed by atoms with van der Waals surface area (Å²) in [6, 6.07) is 21.2. The van der Waals surface area contributed by atoms with Gasteiger partial charge in [-0.3, -0.25) is 4.79 Å². The Morgan fingerprint density at radius 3 is 2.58 bits per heavy atom. The van der Waals surface area contributed by atoms with Crippen LogP contribution < -0.4 is 15.4 Å². The third-order valence-electron chi connectivity index (χ3n) is 6.36. The van der Waals surface area contributed by atoms with Crippen molar-refractivity contribution in [3.05, 3.63) is 89.0 Å². The van der Waals surface area contributed by atoms with Crippen molar-refractivity contribution in [2.75, 3.05) is 23.8 Å². The number of nitrogens with one attached hydrogen (secondary N) is 2. The second kappa shape index (κ2) is 8.98. The van der Waals surface area contributed by atoms with Gasteiger partial charge in [-0.15, -0.1) is 0 Å². The lowest BCUT2D eigenvalue weighted by Gasteiger charge is -2.34. The number of fused-ring (bicyclic) bond motifs is 2. The van der Waals surface area contributed by atoms with Crippen LogP contribution in [0.2, 0.25) is 0 Å². The number of para-hydroxylation sites is 1. The second-order valence-corrected chi connectivity index (χ2v) is 8.72. The number of hydrogen-bond donors (Lipinski definition) is 2. The highest BCUT2D eigenvalue weighted by atomic mass is 16.5. The molecule has 0 saturated heterocycles. The van der Waals surface area contributed by atoms with Crippen molar-refractivity contribution in [2.45, 2.75) is 26.3 Å². The van der Waals surface area contributed by atoms with Gasteiger partial charge in [0.15, 0.2) is 0 Å². The molecule has 2 aliphatic rings. The van der Waals surface area contributed by atoms with E-state index in [1.54, 1.807) is 0 Å². The predicted octanol–water partition coefficient (Wildman–Crippen LogP) is 4.78. The van der Waals surface area contributed by atoms with E-state index >= 15 is 0 Å². The summed E-state index contributed by atoms with van der Waals surface area (Å²) in [5.74, 6) is 0.846. The molecule has 6 heteroatoms. The van der Waals surface area contributed by atoms with Gasteiger partial charge in [-0.05, 0) is 60.7 Å². The van der Waals surface area contributed by atoms with Crippen LogP contribution in [0.5, 0.6) is 5.75 Å². The fourth-order valence-electron chi connectivity index (χ4n) is 4.58. The Labute approximate surface area is 193 Å². The number of amides is 3. The minimum atomic E-state index is -0.274. The molecular formula is C27H27N3O3. The molecule has 33 heavy (non-hydrogen) atoms. The summed E-state index contributed by atoms with van der Waals surface area (Å²) < 4.78 is 5.83. The topological polar surface area (TPSA) is 70.7 Å². The van der Waals surface area contributed by atoms with Crippen LogP contribution in [0.3, 0.4) is 0 Å². The molecule has 0 radical (unpaired) electrons. The van der Waals surface area contributed by atoms with Crippen molar-refractivity contribution < 1.29 is 14.3 Å². The minimum absolute atomic E-state index is 0.130. The van der Waals surface area contributed by atoms with Crippen LogP contribution in [0.25, 0.3) is 0 Å². The Morgan fingerprint density at radius 1 is 0.939 bits per heavy atom. The number of ether oxygens (including phenoxy) is 1. The fourth-order valence-corrected chi connectivity index (χ4v) is 4.58. The SMILES string of the molecule is Cc1ccc(NC(=O)Nc2cccc3c2CCN(C(=O)C2COc4ccccc4C2)C3)cc1. The highest BCUT2D eigenvalue weighted by molar-refractivity contribution is 6.00. The smallest absolute Gasteiger partial charge is 0.323 e. The van der Waals surface area contributed by atoms with Gasteiger partial charge >= 0.3 is 6.03 Å². The summed E-state index contributed by atoms with van der Waals surface area (Å²) in [6.45, 7) is 3.60. The lowest BCUT2D eigenvalue weighted by atomic mass is 9.93. The van der Waals surface area contributed by atoms with E-state index in [0.717, 1.165) is 39.4 Å². The first kappa shape index (κ1) is 21.1. The molecule has 2 aliphatic heterocycles. The van der Waals surface area contributed by atoms with E-state index in [-0.39, 0.29) is 17.9 Å². The highest BCUT2D eigenvalue weighted by Gasteiger charge is 2.31. The third kappa shape index (κ3) is 4.55. The zero-order valence-corrected chi connectivity index (χ0v) is 18.6. The molecule has 0 aromatic heterocycles. The molecule has 0 aliphatic carbocycles. The predicted molar refractivity (Wildman–Crippen MR) is 129 cm³/mol. The molecule has 0 spiro atoms. The molecule has 3 amide bonds. The largest absolute Gasteiger partial charge is 0.492 e. The molecule has 168 valence electrons. The summed E-state index contributed by atoms with van der Waals surface area (Å²) in [4.78, 5) is 27.7. The standard InChI is InChI=1S/C27H27N3O3/c1-18-9-11-22(12-10-18)28-27(32)29-24-7-4-6-20-16-30(14-13-23(20)24)26(31)21-15-19-5-2-3-8-25(19)33-17-21/h2-12,21H,13-17H2,1H3,(H2,28,29,32). The Balaban J connectivity index is 1.25. The Kier molecular flexibility index (Phi) is 5.73. The van der Waals surface area contributed by atoms with Crippen LogP contribution in [0.15, 0.2) is 66.7 Å². The van der Waals surface area contributed by atoms with Crippen molar-refractivity contribution in [1.29, 1.82) is 0 Å². The van der Waals surface area contributed by atoms with Gasteiger partial charge in [0.2, 0.25) is 5.91 Å². The molecule has 3 aromatic rings. The molecule has 6 nitrogen and oxygen atoms in total. The number of nitrogens with zero attached hydrogens (tertiary/aromatic N) is 1. The van der Waals surface area contributed by atoms with Gasteiger partial charge < -0.3 is 20.3 Å². The van der Waals surface area contributed by atoms with Crippen molar-refractivity contribution in [2.24, 2.45) is 5.92 Å². The zero-order chi connectivity index (χ0) is 22.8. The van der Waals surface area contributed by atoms with Crippen LogP contribution in [0, 0.1) is 12.8 Å². The average Bonchev–Trinajstić information content (AvgIpc) is 2.84. The lowest BCUT2D eigenvalue weighted by molar-refractivity contribution is -0.137. The maximum absolute atomic E-state index is 13.2. The highest BCUT2D eigenvalue weighted by Crippen LogP contribution is 2.31. The first-order valence-corrected chi connectivity index (χ1v) is 11.3. The van der Waals surface area contributed by atoms with Gasteiger partial charge in [0.1, 0.15) is 12.4 Å². The minimum Gasteiger partial charge on any atom is -0.492 e. The first-order chi connectivity index (χ1) is 16.1. The molecule has 5 rings (SSSR count). The molecular weight excluding hydrogens is 414 g/mol. The number of rotatable bonds is 3. The van der Waals surface area contributed by atoms with Crippen LogP contribution >= 0.6 is 0 Å². The molecule has 0 bridgehead atoms. The molecule has 2 N–H and O–H groups in total. The van der Waals surface area contributed by atoms with E-state index < -0.39 is 0 Å². The maximum atomic E-state index is 13.2. The van der Waals surface area contributed by atoms with Crippen LogP contribution in [-0.4, -0.2) is 30.0 Å². The zero-order valence-electron chi connectivity index (χ0n) is 18.6. The summed E-state index contributed by atoms with van der Waals surface area (Å²) in [5, 5.41) is 5.85. The van der Waals surface area contributed by atoms with Crippen LogP contribution in [-0.2, 0) is 24.2 Å². The summed E-state index contributed by atoms with van der Waals surface area (Å²) in [6.07, 6.45) is 1.41. The lowest BCUT2D eigenvalue weighted by Crippen LogP contribution is -2.43. The van der Waals surface area contributed by atoms with Gasteiger partial charge in [0.25, 0.3) is 0 Å². The molecule has 3 aromatic carbocycles. The van der Waals surface area contributed by atoms with Gasteiger partial charge in [-0.1, -0.05) is 48.0 Å². The van der Waals surface area contributed by atoms with Gasteiger partial charge in [-0.25, -0.2) is 4.79 Å². The van der Waals surface area contributed by atoms with E-state index in [2.05, 4.69) is 10.6 Å². The summed E-state index contributed by atoms with van der Waals surface area (Å²) >= 11 is 0. The first-order valence-electron chi connectivity index (χ1n) is 11.3. The molecule has 0 saturated carbocycles. The van der Waals surface area contributed by atoms with Crippen molar-refractivity contribution in [3.8, 4) is 5.75 Å². The normalized spacial score (nSPS) is 16.8. The van der Waals surface area contributed by atoms with Gasteiger partial charge in [0, 0.05) is 24.5 Å². The van der Waals surface area contributed by atoms with E-state index in [1.807, 2.05) is 78.6 Å². The van der Waals surface area contributed by atoms with Gasteiger partial charge in [0.05, 0.1) is 5.92 Å². The van der Waals surface area contributed by atoms with Crippen molar-refractivity contribution in [1.82, 2.24) is 4.90 Å². The number of carbonyl (C=O) groups is 2. The molecule has 0 fully saturated rings. The summed E-state index contributed by atoms with van der Waals surface area (Å²) in [7, 11) is 0. The second-order valence-electron chi connectivity index (χ2n) is 8.72. The van der Waals surface area contributed by atoms with E-state index in [0.29, 0.717) is 32.5 Å². The average molecular weight is 442 g/mol. The number of hydrogen-bond acceptors (Lipinski definition) is 3. The van der Waals surface area contributed by atoms with Gasteiger partial charge in [-0.2, -0.15) is 0 Å². The van der Waals surface area contributed by atoms with Crippen molar-refractivity contribution >= 4 is 23.3 Å². The number of benzene rings is 3. The van der Waals surface area contributed by atoms with Crippen LogP contribution in [0.4, 0.5) is 16.2 Å². The molecule has 1 atom stereocenters. The fraction of sp³-hybridized carbons (Fsp3) is 0.259. The Hall–Kier alpha value is -3.80. The van der Waals surface area contributed by atoms with E-state index in [9.17, 15) is 9.59 Å². The molecule has 2 heterocycles. The third-order valence-corrected chi connectivity index (χ3v) is 6.36. The number of carbonyl (C=O) groups excluding carboxylic acids is 2. The maximum Gasteiger partial charge on any atom is 0.323 e. The Bertz CT molecular complexity index is 1190. The number of urea groups is 1. The van der Waals surface area contributed by atoms with E-state index in [1.165, 1.54) is 0 Å². The van der Waals surface area contributed by atoms with Crippen LogP contribution in [0.1, 0.15) is 22.3 Å². The monoisotopic (exact) mass is 441 g/mol.